The summed E-state index contributed by atoms with van der Waals surface area (Å²) in [4.78, 5) is 0. The monoisotopic (exact) mass is 217 g/mol. The maximum absolute atomic E-state index is 5.79. The molecule has 0 saturated heterocycles. The molecule has 0 saturated carbocycles. The Morgan fingerprint density at radius 3 is 2.50 bits per heavy atom. The number of nitrogens with one attached hydrogen (secondary N) is 1. The van der Waals surface area contributed by atoms with Crippen LogP contribution in [0.4, 0.5) is 0 Å². The van der Waals surface area contributed by atoms with Crippen molar-refractivity contribution in [3.63, 3.8) is 0 Å². The Hall–Kier alpha value is -1.46. The van der Waals surface area contributed by atoms with Gasteiger partial charge in [0.2, 0.25) is 0 Å². The van der Waals surface area contributed by atoms with Gasteiger partial charge < -0.3 is 10.1 Å². The summed E-state index contributed by atoms with van der Waals surface area (Å²) in [6, 6.07) is 6.23. The Bertz CT molecular complexity index is 359. The summed E-state index contributed by atoms with van der Waals surface area (Å²) in [5, 5.41) is 3.12. The Labute approximate surface area is 98.0 Å². The first-order valence-electron chi connectivity index (χ1n) is 5.51. The van der Waals surface area contributed by atoms with Crippen molar-refractivity contribution in [1.29, 1.82) is 0 Å². The molecule has 0 fully saturated rings. The fourth-order valence-corrected chi connectivity index (χ4v) is 1.62. The lowest BCUT2D eigenvalue weighted by molar-refractivity contribution is 0.219. The first-order valence-corrected chi connectivity index (χ1v) is 5.51. The topological polar surface area (TPSA) is 21.3 Å². The van der Waals surface area contributed by atoms with Crippen LogP contribution >= 0.6 is 0 Å². The SMILES string of the molecule is C#CCNCC(C)Oc1cc(C)cc(C)c1. The second kappa shape index (κ2) is 6.19. The minimum absolute atomic E-state index is 0.120. The van der Waals surface area contributed by atoms with Crippen molar-refractivity contribution < 1.29 is 4.74 Å². The summed E-state index contributed by atoms with van der Waals surface area (Å²) in [7, 11) is 0. The maximum atomic E-state index is 5.79. The van der Waals surface area contributed by atoms with Crippen molar-refractivity contribution in [2.24, 2.45) is 0 Å². The number of terminal acetylenes is 1. The minimum atomic E-state index is 0.120. The van der Waals surface area contributed by atoms with Gasteiger partial charge in [0.05, 0.1) is 6.54 Å². The lowest BCUT2D eigenvalue weighted by atomic mass is 10.1. The summed E-state index contributed by atoms with van der Waals surface area (Å²) in [5.41, 5.74) is 2.44. The van der Waals surface area contributed by atoms with E-state index in [-0.39, 0.29) is 6.10 Å². The first kappa shape index (κ1) is 12.6. The van der Waals surface area contributed by atoms with Gasteiger partial charge in [0, 0.05) is 6.54 Å². The highest BCUT2D eigenvalue weighted by Crippen LogP contribution is 2.17. The number of hydrogen-bond acceptors (Lipinski definition) is 2. The molecule has 0 aromatic heterocycles. The van der Waals surface area contributed by atoms with E-state index in [1.165, 1.54) is 11.1 Å². The Balaban J connectivity index is 2.49. The van der Waals surface area contributed by atoms with Gasteiger partial charge in [0.1, 0.15) is 11.9 Å². The lowest BCUT2D eigenvalue weighted by Gasteiger charge is -2.15. The van der Waals surface area contributed by atoms with Crippen LogP contribution in [0.3, 0.4) is 0 Å². The van der Waals surface area contributed by atoms with Crippen LogP contribution in [0.2, 0.25) is 0 Å². The molecule has 86 valence electrons. The fraction of sp³-hybridized carbons (Fsp3) is 0.429. The van der Waals surface area contributed by atoms with E-state index in [0.717, 1.165) is 12.3 Å². The van der Waals surface area contributed by atoms with Crippen LogP contribution in [0.1, 0.15) is 18.1 Å². The van der Waals surface area contributed by atoms with Gasteiger partial charge in [-0.2, -0.15) is 0 Å². The molecule has 0 spiro atoms. The van der Waals surface area contributed by atoms with E-state index in [4.69, 9.17) is 11.2 Å². The highest BCUT2D eigenvalue weighted by molar-refractivity contribution is 5.33. The van der Waals surface area contributed by atoms with Gasteiger partial charge in [-0.05, 0) is 44.0 Å². The van der Waals surface area contributed by atoms with Crippen LogP contribution in [0, 0.1) is 26.2 Å². The normalized spacial score (nSPS) is 11.9. The number of ether oxygens (including phenoxy) is 1. The predicted octanol–water partition coefficient (Wildman–Crippen LogP) is 2.29. The zero-order valence-corrected chi connectivity index (χ0v) is 10.2. The van der Waals surface area contributed by atoms with Crippen LogP contribution in [-0.4, -0.2) is 19.2 Å². The zero-order valence-electron chi connectivity index (χ0n) is 10.2. The molecule has 1 atom stereocenters. The molecule has 1 unspecified atom stereocenters. The summed E-state index contributed by atoms with van der Waals surface area (Å²) in [6.45, 7) is 7.52. The minimum Gasteiger partial charge on any atom is -0.489 e. The third-order valence-electron chi connectivity index (χ3n) is 2.19. The molecule has 0 aliphatic carbocycles. The highest BCUT2D eigenvalue weighted by Gasteiger charge is 2.03. The van der Waals surface area contributed by atoms with E-state index in [9.17, 15) is 0 Å². The molecule has 1 rings (SSSR count). The molecule has 2 nitrogen and oxygen atoms in total. The predicted molar refractivity (Wildman–Crippen MR) is 67.7 cm³/mol. The summed E-state index contributed by atoms with van der Waals surface area (Å²) in [5.74, 6) is 3.46. The first-order chi connectivity index (χ1) is 7.61. The van der Waals surface area contributed by atoms with Crippen molar-refractivity contribution in [3.8, 4) is 18.1 Å². The molecule has 1 aromatic rings. The van der Waals surface area contributed by atoms with Crippen molar-refractivity contribution in [3.05, 3.63) is 29.3 Å². The molecule has 0 aliphatic rings. The zero-order chi connectivity index (χ0) is 12.0. The van der Waals surface area contributed by atoms with Crippen molar-refractivity contribution in [1.82, 2.24) is 5.32 Å². The summed E-state index contributed by atoms with van der Waals surface area (Å²) >= 11 is 0. The van der Waals surface area contributed by atoms with Crippen molar-refractivity contribution in [2.75, 3.05) is 13.1 Å². The molecule has 16 heavy (non-hydrogen) atoms. The van der Waals surface area contributed by atoms with E-state index < -0.39 is 0 Å². The Kier molecular flexibility index (Phi) is 4.88. The largest absolute Gasteiger partial charge is 0.489 e. The van der Waals surface area contributed by atoms with Crippen LogP contribution in [0.5, 0.6) is 5.75 Å². The average molecular weight is 217 g/mol. The van der Waals surface area contributed by atoms with Gasteiger partial charge in [-0.3, -0.25) is 0 Å². The number of rotatable bonds is 5. The molecule has 0 bridgehead atoms. The average Bonchev–Trinajstić information content (AvgIpc) is 2.16. The molecule has 0 heterocycles. The molecule has 0 amide bonds. The van der Waals surface area contributed by atoms with Crippen molar-refractivity contribution in [2.45, 2.75) is 26.9 Å². The summed E-state index contributed by atoms with van der Waals surface area (Å²) < 4.78 is 5.79. The Morgan fingerprint density at radius 2 is 1.94 bits per heavy atom. The quantitative estimate of drug-likeness (QED) is 0.603. The summed E-state index contributed by atoms with van der Waals surface area (Å²) in [6.07, 6.45) is 5.27. The molecule has 2 heteroatoms. The Morgan fingerprint density at radius 1 is 1.31 bits per heavy atom. The van der Waals surface area contributed by atoms with Gasteiger partial charge in [0.15, 0.2) is 0 Å². The molecular weight excluding hydrogens is 198 g/mol. The van der Waals surface area contributed by atoms with Crippen LogP contribution < -0.4 is 10.1 Å². The van der Waals surface area contributed by atoms with Gasteiger partial charge in [-0.15, -0.1) is 6.42 Å². The lowest BCUT2D eigenvalue weighted by Crippen LogP contribution is -2.29. The second-order valence-electron chi connectivity index (χ2n) is 4.09. The van der Waals surface area contributed by atoms with Gasteiger partial charge in [-0.1, -0.05) is 12.0 Å². The standard InChI is InChI=1S/C14H19NO/c1-5-6-15-10-13(4)16-14-8-11(2)7-12(3)9-14/h1,7-9,13,15H,6,10H2,2-4H3. The van der Waals surface area contributed by atoms with Gasteiger partial charge in [0.25, 0.3) is 0 Å². The second-order valence-corrected chi connectivity index (χ2v) is 4.09. The maximum Gasteiger partial charge on any atom is 0.120 e. The molecule has 0 aliphatic heterocycles. The van der Waals surface area contributed by atoms with E-state index in [1.54, 1.807) is 0 Å². The molecule has 1 N–H and O–H groups in total. The van der Waals surface area contributed by atoms with Gasteiger partial charge >= 0.3 is 0 Å². The highest BCUT2D eigenvalue weighted by atomic mass is 16.5. The smallest absolute Gasteiger partial charge is 0.120 e. The van der Waals surface area contributed by atoms with Crippen molar-refractivity contribution >= 4 is 0 Å². The number of aryl methyl sites for hydroxylation is 2. The fourth-order valence-electron chi connectivity index (χ4n) is 1.62. The van der Waals surface area contributed by atoms with Crippen LogP contribution in [-0.2, 0) is 0 Å². The molecular formula is C14H19NO. The van der Waals surface area contributed by atoms with Gasteiger partial charge in [-0.25, -0.2) is 0 Å². The molecule has 1 aromatic carbocycles. The number of hydrogen-bond donors (Lipinski definition) is 1. The third-order valence-corrected chi connectivity index (χ3v) is 2.19. The molecule has 0 radical (unpaired) electrons. The van der Waals surface area contributed by atoms with Crippen LogP contribution in [0.15, 0.2) is 18.2 Å². The van der Waals surface area contributed by atoms with E-state index in [1.807, 2.05) is 19.1 Å². The van der Waals surface area contributed by atoms with E-state index >= 15 is 0 Å². The number of benzene rings is 1. The van der Waals surface area contributed by atoms with Crippen LogP contribution in [0.25, 0.3) is 0 Å². The van der Waals surface area contributed by atoms with E-state index in [0.29, 0.717) is 6.54 Å². The van der Waals surface area contributed by atoms with E-state index in [2.05, 4.69) is 31.2 Å². The third kappa shape index (κ3) is 4.37.